The Balaban J connectivity index is 2.00. The minimum atomic E-state index is -0.657. The highest BCUT2D eigenvalue weighted by Crippen LogP contribution is 2.35. The highest BCUT2D eigenvalue weighted by Gasteiger charge is 2.25. The van der Waals surface area contributed by atoms with Crippen LogP contribution in [0.5, 0.6) is 0 Å². The number of carbonyl (C=O) groups is 1. The van der Waals surface area contributed by atoms with E-state index >= 15 is 0 Å². The summed E-state index contributed by atoms with van der Waals surface area (Å²) in [7, 11) is 0. The molecule has 17 heavy (non-hydrogen) atoms. The van der Waals surface area contributed by atoms with Crippen molar-refractivity contribution in [2.24, 2.45) is 0 Å². The molecule has 0 aromatic carbocycles. The second-order valence-electron chi connectivity index (χ2n) is 4.24. The standard InChI is InChI=1S/C12H16FNO2S/c1-2-16-12(15)10-7-17-11(14-10)8-3-5-9(13)6-4-8/h7-9H,2-6H2,1H3. The first kappa shape index (κ1) is 12.5. The van der Waals surface area contributed by atoms with Gasteiger partial charge in [-0.1, -0.05) is 0 Å². The molecule has 3 nitrogen and oxygen atoms in total. The van der Waals surface area contributed by atoms with Gasteiger partial charge in [0, 0.05) is 11.3 Å². The van der Waals surface area contributed by atoms with Crippen molar-refractivity contribution in [3.05, 3.63) is 16.1 Å². The molecule has 0 amide bonds. The van der Waals surface area contributed by atoms with Crippen molar-refractivity contribution in [3.63, 3.8) is 0 Å². The number of hydrogen-bond donors (Lipinski definition) is 0. The van der Waals surface area contributed by atoms with E-state index in [2.05, 4.69) is 4.98 Å². The van der Waals surface area contributed by atoms with E-state index < -0.39 is 6.17 Å². The van der Waals surface area contributed by atoms with Gasteiger partial charge in [0.2, 0.25) is 0 Å². The first-order chi connectivity index (χ1) is 8.20. The molecular weight excluding hydrogens is 241 g/mol. The van der Waals surface area contributed by atoms with Gasteiger partial charge in [0.05, 0.1) is 11.6 Å². The van der Waals surface area contributed by atoms with E-state index in [0.717, 1.165) is 17.8 Å². The molecule has 0 saturated heterocycles. The molecule has 0 bridgehead atoms. The molecule has 0 atom stereocenters. The Morgan fingerprint density at radius 1 is 1.53 bits per heavy atom. The number of nitrogens with zero attached hydrogens (tertiary/aromatic N) is 1. The van der Waals surface area contributed by atoms with Crippen LogP contribution in [0.15, 0.2) is 5.38 Å². The number of halogens is 1. The fourth-order valence-electron chi connectivity index (χ4n) is 2.07. The Morgan fingerprint density at radius 2 is 2.24 bits per heavy atom. The van der Waals surface area contributed by atoms with Crippen molar-refractivity contribution in [2.75, 3.05) is 6.61 Å². The second kappa shape index (κ2) is 5.58. The third-order valence-electron chi connectivity index (χ3n) is 3.01. The summed E-state index contributed by atoms with van der Waals surface area (Å²) >= 11 is 1.48. The van der Waals surface area contributed by atoms with E-state index in [9.17, 15) is 9.18 Å². The normalized spacial score (nSPS) is 24.6. The molecule has 1 aliphatic rings. The number of esters is 1. The molecule has 0 aliphatic heterocycles. The van der Waals surface area contributed by atoms with Crippen molar-refractivity contribution in [1.29, 1.82) is 0 Å². The maximum Gasteiger partial charge on any atom is 0.357 e. The van der Waals surface area contributed by atoms with Crippen LogP contribution in [0.3, 0.4) is 0 Å². The van der Waals surface area contributed by atoms with Crippen LogP contribution in [-0.2, 0) is 4.74 Å². The fraction of sp³-hybridized carbons (Fsp3) is 0.667. The third-order valence-corrected chi connectivity index (χ3v) is 4.02. The average Bonchev–Trinajstić information content (AvgIpc) is 2.80. The molecule has 0 unspecified atom stereocenters. The molecule has 0 N–H and O–H groups in total. The van der Waals surface area contributed by atoms with Gasteiger partial charge in [-0.3, -0.25) is 0 Å². The Morgan fingerprint density at radius 3 is 2.88 bits per heavy atom. The Kier molecular flexibility index (Phi) is 4.10. The summed E-state index contributed by atoms with van der Waals surface area (Å²) < 4.78 is 17.9. The third kappa shape index (κ3) is 3.03. The summed E-state index contributed by atoms with van der Waals surface area (Å²) in [5.74, 6) is -0.0515. The molecule has 1 fully saturated rings. The van der Waals surface area contributed by atoms with Gasteiger partial charge in [0.15, 0.2) is 5.69 Å². The monoisotopic (exact) mass is 257 g/mol. The summed E-state index contributed by atoms with van der Waals surface area (Å²) in [5, 5.41) is 2.68. The van der Waals surface area contributed by atoms with Gasteiger partial charge in [0.1, 0.15) is 6.17 Å². The molecular formula is C12H16FNO2S. The zero-order valence-electron chi connectivity index (χ0n) is 9.82. The summed E-state index contributed by atoms with van der Waals surface area (Å²) in [6.45, 7) is 2.13. The van der Waals surface area contributed by atoms with Gasteiger partial charge in [-0.25, -0.2) is 14.2 Å². The van der Waals surface area contributed by atoms with Gasteiger partial charge in [-0.05, 0) is 32.6 Å². The van der Waals surface area contributed by atoms with Crippen molar-refractivity contribution in [2.45, 2.75) is 44.7 Å². The van der Waals surface area contributed by atoms with Gasteiger partial charge in [0.25, 0.3) is 0 Å². The lowest BCUT2D eigenvalue weighted by atomic mass is 9.89. The zero-order chi connectivity index (χ0) is 12.3. The summed E-state index contributed by atoms with van der Waals surface area (Å²) in [4.78, 5) is 15.8. The van der Waals surface area contributed by atoms with Gasteiger partial charge in [-0.15, -0.1) is 11.3 Å². The molecule has 0 radical (unpaired) electrons. The van der Waals surface area contributed by atoms with Crippen LogP contribution < -0.4 is 0 Å². The first-order valence-electron chi connectivity index (χ1n) is 5.97. The van der Waals surface area contributed by atoms with Crippen molar-refractivity contribution >= 4 is 17.3 Å². The number of thiazole rings is 1. The first-order valence-corrected chi connectivity index (χ1v) is 6.85. The smallest absolute Gasteiger partial charge is 0.357 e. The van der Waals surface area contributed by atoms with E-state index in [1.54, 1.807) is 12.3 Å². The maximum absolute atomic E-state index is 13.0. The van der Waals surface area contributed by atoms with E-state index in [1.165, 1.54) is 11.3 Å². The van der Waals surface area contributed by atoms with Crippen LogP contribution in [0.2, 0.25) is 0 Å². The Hall–Kier alpha value is -0.970. The van der Waals surface area contributed by atoms with Crippen molar-refractivity contribution in [3.8, 4) is 0 Å². The lowest BCUT2D eigenvalue weighted by Gasteiger charge is -2.22. The number of aromatic nitrogens is 1. The number of alkyl halides is 1. The van der Waals surface area contributed by atoms with Crippen LogP contribution in [0.1, 0.15) is 54.0 Å². The quantitative estimate of drug-likeness (QED) is 0.780. The largest absolute Gasteiger partial charge is 0.461 e. The molecule has 1 saturated carbocycles. The predicted octanol–water partition coefficient (Wildman–Crippen LogP) is 3.32. The number of hydrogen-bond acceptors (Lipinski definition) is 4. The summed E-state index contributed by atoms with van der Waals surface area (Å²) in [6.07, 6.45) is 2.22. The Bertz CT molecular complexity index is 386. The van der Waals surface area contributed by atoms with Crippen LogP contribution in [0, 0.1) is 0 Å². The molecule has 5 heteroatoms. The van der Waals surface area contributed by atoms with Crippen LogP contribution in [-0.4, -0.2) is 23.7 Å². The lowest BCUT2D eigenvalue weighted by Crippen LogP contribution is -2.14. The Labute approximate surface area is 104 Å². The van der Waals surface area contributed by atoms with E-state index in [0.29, 0.717) is 31.1 Å². The van der Waals surface area contributed by atoms with Crippen LogP contribution >= 0.6 is 11.3 Å². The molecule has 94 valence electrons. The highest BCUT2D eigenvalue weighted by molar-refractivity contribution is 7.09. The number of ether oxygens (including phenoxy) is 1. The van der Waals surface area contributed by atoms with Gasteiger partial charge < -0.3 is 4.74 Å². The lowest BCUT2D eigenvalue weighted by molar-refractivity contribution is 0.0520. The van der Waals surface area contributed by atoms with Gasteiger partial charge >= 0.3 is 5.97 Å². The van der Waals surface area contributed by atoms with E-state index in [-0.39, 0.29) is 5.97 Å². The second-order valence-corrected chi connectivity index (χ2v) is 5.13. The molecule has 1 aromatic rings. The van der Waals surface area contributed by atoms with Crippen molar-refractivity contribution in [1.82, 2.24) is 4.98 Å². The minimum absolute atomic E-state index is 0.315. The molecule has 1 aliphatic carbocycles. The maximum atomic E-state index is 13.0. The predicted molar refractivity (Wildman–Crippen MR) is 64.2 cm³/mol. The SMILES string of the molecule is CCOC(=O)c1csc(C2CCC(F)CC2)n1. The van der Waals surface area contributed by atoms with Crippen LogP contribution in [0.4, 0.5) is 4.39 Å². The summed E-state index contributed by atoms with van der Waals surface area (Å²) in [6, 6.07) is 0. The highest BCUT2D eigenvalue weighted by atomic mass is 32.1. The number of rotatable bonds is 3. The van der Waals surface area contributed by atoms with Crippen molar-refractivity contribution < 1.29 is 13.9 Å². The van der Waals surface area contributed by atoms with E-state index in [4.69, 9.17) is 4.74 Å². The number of carbonyl (C=O) groups excluding carboxylic acids is 1. The summed E-state index contributed by atoms with van der Waals surface area (Å²) in [5.41, 5.74) is 0.384. The average molecular weight is 257 g/mol. The van der Waals surface area contributed by atoms with Gasteiger partial charge in [-0.2, -0.15) is 0 Å². The topological polar surface area (TPSA) is 39.2 Å². The molecule has 1 aromatic heterocycles. The minimum Gasteiger partial charge on any atom is -0.461 e. The van der Waals surface area contributed by atoms with E-state index in [1.807, 2.05) is 0 Å². The fourth-order valence-corrected chi connectivity index (χ4v) is 3.03. The molecule has 0 spiro atoms. The van der Waals surface area contributed by atoms with Crippen LogP contribution in [0.25, 0.3) is 0 Å². The zero-order valence-corrected chi connectivity index (χ0v) is 10.6. The molecule has 2 rings (SSSR count). The molecule has 1 heterocycles.